The van der Waals surface area contributed by atoms with Crippen LogP contribution in [0.2, 0.25) is 0 Å². The second-order valence-corrected chi connectivity index (χ2v) is 4.26. The fourth-order valence-electron chi connectivity index (χ4n) is 1.69. The summed E-state index contributed by atoms with van der Waals surface area (Å²) in [5, 5.41) is 7.49. The Morgan fingerprint density at radius 3 is 2.61 bits per heavy atom. The highest BCUT2D eigenvalue weighted by Crippen LogP contribution is 2.13. The predicted octanol–water partition coefficient (Wildman–Crippen LogP) is 0.624. The zero-order chi connectivity index (χ0) is 13.3. The number of benzene rings is 1. The Labute approximate surface area is 105 Å². The fraction of sp³-hybridized carbons (Fsp3) is 0.250. The quantitative estimate of drug-likeness (QED) is 0.828. The zero-order valence-electron chi connectivity index (χ0n) is 10.3. The summed E-state index contributed by atoms with van der Waals surface area (Å²) in [6.07, 6.45) is 0. The molecule has 1 aromatic heterocycles. The summed E-state index contributed by atoms with van der Waals surface area (Å²) in [5.41, 5.74) is 14.4. The normalized spacial score (nSPS) is 10.6. The van der Waals surface area contributed by atoms with Gasteiger partial charge in [0.15, 0.2) is 11.5 Å². The van der Waals surface area contributed by atoms with Crippen LogP contribution >= 0.6 is 0 Å². The lowest BCUT2D eigenvalue weighted by atomic mass is 10.1. The van der Waals surface area contributed by atoms with Crippen molar-refractivity contribution in [1.82, 2.24) is 15.0 Å². The molecule has 1 heterocycles. The first-order chi connectivity index (χ1) is 8.49. The second kappa shape index (κ2) is 4.48. The molecule has 0 atom stereocenters. The number of carbonyl (C=O) groups excluding carboxylic acids is 1. The van der Waals surface area contributed by atoms with E-state index < -0.39 is 5.91 Å². The molecule has 1 aromatic carbocycles. The molecule has 4 N–H and O–H groups in total. The van der Waals surface area contributed by atoms with Crippen LogP contribution in [0, 0.1) is 13.8 Å². The Bertz CT molecular complexity index is 603. The summed E-state index contributed by atoms with van der Waals surface area (Å²) in [4.78, 5) is 11.0. The molecule has 0 fully saturated rings. The lowest BCUT2D eigenvalue weighted by Gasteiger charge is -2.06. The van der Waals surface area contributed by atoms with Crippen molar-refractivity contribution in [2.24, 2.45) is 5.73 Å². The van der Waals surface area contributed by atoms with Crippen molar-refractivity contribution in [3.05, 3.63) is 40.6 Å². The van der Waals surface area contributed by atoms with Crippen molar-refractivity contribution < 1.29 is 4.79 Å². The van der Waals surface area contributed by atoms with Crippen molar-refractivity contribution in [1.29, 1.82) is 0 Å². The van der Waals surface area contributed by atoms with Gasteiger partial charge in [-0.25, -0.2) is 4.68 Å². The van der Waals surface area contributed by atoms with Gasteiger partial charge in [-0.2, -0.15) is 0 Å². The smallest absolute Gasteiger partial charge is 0.273 e. The molecule has 0 aliphatic rings. The Kier molecular flexibility index (Phi) is 3.01. The van der Waals surface area contributed by atoms with Gasteiger partial charge < -0.3 is 11.5 Å². The van der Waals surface area contributed by atoms with Gasteiger partial charge in [-0.3, -0.25) is 4.79 Å². The van der Waals surface area contributed by atoms with E-state index in [1.54, 1.807) is 0 Å². The minimum Gasteiger partial charge on any atom is -0.382 e. The van der Waals surface area contributed by atoms with Crippen molar-refractivity contribution in [2.45, 2.75) is 20.4 Å². The molecule has 0 spiro atoms. The van der Waals surface area contributed by atoms with Gasteiger partial charge in [0.2, 0.25) is 0 Å². The molecular weight excluding hydrogens is 230 g/mol. The summed E-state index contributed by atoms with van der Waals surface area (Å²) in [6.45, 7) is 4.56. The molecule has 18 heavy (non-hydrogen) atoms. The van der Waals surface area contributed by atoms with Gasteiger partial charge in [-0.05, 0) is 30.5 Å². The first kappa shape index (κ1) is 12.1. The molecule has 6 heteroatoms. The number of rotatable bonds is 3. The van der Waals surface area contributed by atoms with E-state index in [1.165, 1.54) is 15.8 Å². The molecular formula is C12H15N5O. The third kappa shape index (κ3) is 2.17. The molecule has 6 nitrogen and oxygen atoms in total. The number of hydrogen-bond donors (Lipinski definition) is 2. The van der Waals surface area contributed by atoms with Gasteiger partial charge in [-0.1, -0.05) is 23.4 Å². The summed E-state index contributed by atoms with van der Waals surface area (Å²) < 4.78 is 1.46. The topological polar surface area (TPSA) is 99.8 Å². The van der Waals surface area contributed by atoms with E-state index in [0.29, 0.717) is 6.54 Å². The Balaban J connectivity index is 2.29. The highest BCUT2D eigenvalue weighted by molar-refractivity contribution is 5.94. The van der Waals surface area contributed by atoms with Gasteiger partial charge in [0.1, 0.15) is 0 Å². The number of amides is 1. The maximum atomic E-state index is 11.0. The van der Waals surface area contributed by atoms with Crippen LogP contribution in [0.15, 0.2) is 18.2 Å². The molecule has 0 radical (unpaired) electrons. The van der Waals surface area contributed by atoms with Crippen LogP contribution in [0.5, 0.6) is 0 Å². The first-order valence-corrected chi connectivity index (χ1v) is 5.54. The van der Waals surface area contributed by atoms with Crippen molar-refractivity contribution in [2.75, 3.05) is 5.73 Å². The first-order valence-electron chi connectivity index (χ1n) is 5.54. The minimum atomic E-state index is -0.668. The molecule has 2 aromatic rings. The highest BCUT2D eigenvalue weighted by atomic mass is 16.1. The van der Waals surface area contributed by atoms with Gasteiger partial charge in [-0.15, -0.1) is 5.10 Å². The second-order valence-electron chi connectivity index (χ2n) is 4.26. The standard InChI is InChI=1S/C12H15N5O/c1-7-3-4-9(5-8(7)2)6-17-11(13)10(12(14)18)15-16-17/h3-5H,6,13H2,1-2H3,(H2,14,18). The van der Waals surface area contributed by atoms with Crippen LogP contribution in [-0.2, 0) is 6.54 Å². The molecule has 94 valence electrons. The lowest BCUT2D eigenvalue weighted by Crippen LogP contribution is -2.15. The molecule has 0 unspecified atom stereocenters. The number of carbonyl (C=O) groups is 1. The predicted molar refractivity (Wildman–Crippen MR) is 68.0 cm³/mol. The number of anilines is 1. The Hall–Kier alpha value is -2.37. The van der Waals surface area contributed by atoms with E-state index in [0.717, 1.165) is 5.56 Å². The number of aromatic nitrogens is 3. The Morgan fingerprint density at radius 1 is 1.33 bits per heavy atom. The minimum absolute atomic E-state index is 0.0128. The monoisotopic (exact) mass is 245 g/mol. The molecule has 0 aliphatic heterocycles. The van der Waals surface area contributed by atoms with E-state index in [9.17, 15) is 4.79 Å². The van der Waals surface area contributed by atoms with E-state index in [1.807, 2.05) is 26.0 Å². The third-order valence-corrected chi connectivity index (χ3v) is 2.91. The number of nitrogens with zero attached hydrogens (tertiary/aromatic N) is 3. The molecule has 0 aliphatic carbocycles. The summed E-state index contributed by atoms with van der Waals surface area (Å²) in [7, 11) is 0. The lowest BCUT2D eigenvalue weighted by molar-refractivity contribution is 0.0996. The number of primary amides is 1. The average Bonchev–Trinajstić information content (AvgIpc) is 2.66. The molecule has 2 rings (SSSR count). The summed E-state index contributed by atoms with van der Waals surface area (Å²) >= 11 is 0. The van der Waals surface area contributed by atoms with E-state index >= 15 is 0 Å². The molecule has 1 amide bonds. The summed E-state index contributed by atoms with van der Waals surface area (Å²) in [5.74, 6) is -0.473. The SMILES string of the molecule is Cc1ccc(Cn2nnc(C(N)=O)c2N)cc1C. The van der Waals surface area contributed by atoms with E-state index in [4.69, 9.17) is 11.5 Å². The van der Waals surface area contributed by atoms with Crippen LogP contribution in [0.4, 0.5) is 5.82 Å². The van der Waals surface area contributed by atoms with Crippen LogP contribution in [0.25, 0.3) is 0 Å². The van der Waals surface area contributed by atoms with Crippen LogP contribution < -0.4 is 11.5 Å². The van der Waals surface area contributed by atoms with Gasteiger partial charge in [0.05, 0.1) is 6.54 Å². The van der Waals surface area contributed by atoms with Crippen molar-refractivity contribution in [3.63, 3.8) is 0 Å². The van der Waals surface area contributed by atoms with Crippen LogP contribution in [0.3, 0.4) is 0 Å². The number of nitrogen functional groups attached to an aromatic ring is 1. The third-order valence-electron chi connectivity index (χ3n) is 2.91. The van der Waals surface area contributed by atoms with Gasteiger partial charge >= 0.3 is 0 Å². The maximum absolute atomic E-state index is 11.0. The van der Waals surface area contributed by atoms with Crippen molar-refractivity contribution in [3.8, 4) is 0 Å². The molecule has 0 saturated heterocycles. The number of nitrogens with two attached hydrogens (primary N) is 2. The van der Waals surface area contributed by atoms with E-state index in [2.05, 4.69) is 16.4 Å². The number of aryl methyl sites for hydroxylation is 2. The Morgan fingerprint density at radius 2 is 2.06 bits per heavy atom. The maximum Gasteiger partial charge on any atom is 0.273 e. The fourth-order valence-corrected chi connectivity index (χ4v) is 1.69. The van der Waals surface area contributed by atoms with Gasteiger partial charge in [0, 0.05) is 0 Å². The summed E-state index contributed by atoms with van der Waals surface area (Å²) in [6, 6.07) is 6.08. The van der Waals surface area contributed by atoms with Crippen molar-refractivity contribution >= 4 is 11.7 Å². The van der Waals surface area contributed by atoms with Crippen LogP contribution in [0.1, 0.15) is 27.2 Å². The molecule has 0 saturated carbocycles. The van der Waals surface area contributed by atoms with E-state index in [-0.39, 0.29) is 11.5 Å². The molecule has 0 bridgehead atoms. The van der Waals surface area contributed by atoms with Crippen LogP contribution in [-0.4, -0.2) is 20.9 Å². The van der Waals surface area contributed by atoms with Gasteiger partial charge in [0.25, 0.3) is 5.91 Å². The number of hydrogen-bond acceptors (Lipinski definition) is 4. The average molecular weight is 245 g/mol. The zero-order valence-corrected chi connectivity index (χ0v) is 10.3. The largest absolute Gasteiger partial charge is 0.382 e. The highest BCUT2D eigenvalue weighted by Gasteiger charge is 2.14.